The molecule has 0 atom stereocenters. The van der Waals surface area contributed by atoms with Gasteiger partial charge in [0.15, 0.2) is 0 Å². The Hall–Kier alpha value is -2.88. The van der Waals surface area contributed by atoms with E-state index in [-0.39, 0.29) is 17.2 Å². The molecule has 4 heteroatoms. The van der Waals surface area contributed by atoms with Gasteiger partial charge in [0.1, 0.15) is 0 Å². The number of aromatic nitrogens is 2. The second kappa shape index (κ2) is 11.8. The molecule has 2 aromatic carbocycles. The van der Waals surface area contributed by atoms with Crippen molar-refractivity contribution < 1.29 is 0 Å². The minimum atomic E-state index is -0.290. The summed E-state index contributed by atoms with van der Waals surface area (Å²) in [6.45, 7) is 6.60. The number of rotatable bonds is 7. The maximum Gasteiger partial charge on any atom is 0.328 e. The zero-order chi connectivity index (χ0) is 21.1. The average molecular weight is 393 g/mol. The van der Waals surface area contributed by atoms with Crippen molar-refractivity contribution in [3.05, 3.63) is 104 Å². The highest BCUT2D eigenvalue weighted by molar-refractivity contribution is 5.28. The first-order chi connectivity index (χ1) is 14.0. The van der Waals surface area contributed by atoms with E-state index in [0.29, 0.717) is 13.0 Å². The first kappa shape index (κ1) is 22.4. The Kier molecular flexibility index (Phi) is 9.16. The molecule has 1 heterocycles. The molecule has 0 fully saturated rings. The minimum absolute atomic E-state index is 0.0792. The molecule has 0 radical (unpaired) electrons. The van der Waals surface area contributed by atoms with E-state index < -0.39 is 0 Å². The predicted molar refractivity (Wildman–Crippen MR) is 121 cm³/mol. The molecule has 3 rings (SSSR count). The molecule has 0 aliphatic rings. The summed E-state index contributed by atoms with van der Waals surface area (Å²) in [5.74, 6) is 0.0792. The highest BCUT2D eigenvalue weighted by atomic mass is 16.2. The van der Waals surface area contributed by atoms with E-state index >= 15 is 0 Å². The van der Waals surface area contributed by atoms with Gasteiger partial charge < -0.3 is 4.98 Å². The van der Waals surface area contributed by atoms with Crippen molar-refractivity contribution in [1.82, 2.24) is 9.55 Å². The molecule has 0 unspecified atom stereocenters. The topological polar surface area (TPSA) is 54.9 Å². The lowest BCUT2D eigenvalue weighted by molar-refractivity contribution is 0.551. The van der Waals surface area contributed by atoms with E-state index in [4.69, 9.17) is 0 Å². The fourth-order valence-corrected chi connectivity index (χ4v) is 3.27. The second-order valence-electron chi connectivity index (χ2n) is 7.46. The summed E-state index contributed by atoms with van der Waals surface area (Å²) in [6.07, 6.45) is 3.52. The van der Waals surface area contributed by atoms with Crippen molar-refractivity contribution in [2.24, 2.45) is 0 Å². The molecule has 29 heavy (non-hydrogen) atoms. The normalized spacial score (nSPS) is 10.5. The van der Waals surface area contributed by atoms with Crippen molar-refractivity contribution >= 4 is 0 Å². The van der Waals surface area contributed by atoms with Gasteiger partial charge in [-0.3, -0.25) is 9.36 Å². The van der Waals surface area contributed by atoms with Crippen LogP contribution < -0.4 is 11.2 Å². The highest BCUT2D eigenvalue weighted by Gasteiger charge is 2.16. The number of hydrogen-bond donors (Lipinski definition) is 1. The zero-order valence-corrected chi connectivity index (χ0v) is 17.7. The molecule has 0 aliphatic heterocycles. The number of hydrogen-bond acceptors (Lipinski definition) is 2. The van der Waals surface area contributed by atoms with Crippen LogP contribution in [0.4, 0.5) is 0 Å². The summed E-state index contributed by atoms with van der Waals surface area (Å²) in [6, 6.07) is 21.9. The maximum atomic E-state index is 12.8. The van der Waals surface area contributed by atoms with Crippen molar-refractivity contribution in [2.75, 3.05) is 0 Å². The quantitative estimate of drug-likeness (QED) is 0.567. The molecule has 1 N–H and O–H groups in total. The molecule has 0 spiro atoms. The number of H-pyrrole nitrogens is 1. The SMILES string of the molecule is CCCCCn1c(=O)[nH]c(Cc2ccccc2)c(C(C)C)c1=O.c1ccccc1. The van der Waals surface area contributed by atoms with Gasteiger partial charge in [-0.15, -0.1) is 0 Å². The van der Waals surface area contributed by atoms with Crippen LogP contribution in [0.3, 0.4) is 0 Å². The number of unbranched alkanes of at least 4 members (excludes halogenated alkanes) is 2. The van der Waals surface area contributed by atoms with Crippen LogP contribution in [0, 0.1) is 0 Å². The van der Waals surface area contributed by atoms with E-state index in [1.807, 2.05) is 80.6 Å². The fourth-order valence-electron chi connectivity index (χ4n) is 3.27. The second-order valence-corrected chi connectivity index (χ2v) is 7.46. The predicted octanol–water partition coefficient (Wildman–Crippen LogP) is 5.13. The van der Waals surface area contributed by atoms with E-state index in [9.17, 15) is 9.59 Å². The monoisotopic (exact) mass is 392 g/mol. The van der Waals surface area contributed by atoms with Gasteiger partial charge in [0.2, 0.25) is 0 Å². The number of aromatic amines is 1. The van der Waals surface area contributed by atoms with Gasteiger partial charge in [0.25, 0.3) is 5.56 Å². The molecule has 154 valence electrons. The lowest BCUT2D eigenvalue weighted by Crippen LogP contribution is -2.39. The minimum Gasteiger partial charge on any atom is -0.310 e. The molecule has 4 nitrogen and oxygen atoms in total. The third-order valence-corrected chi connectivity index (χ3v) is 4.76. The van der Waals surface area contributed by atoms with E-state index in [2.05, 4.69) is 11.9 Å². The van der Waals surface area contributed by atoms with Gasteiger partial charge in [-0.1, -0.05) is 100 Å². The Labute approximate surface area is 173 Å². The Morgan fingerprint density at radius 1 is 0.862 bits per heavy atom. The van der Waals surface area contributed by atoms with Crippen LogP contribution in [-0.4, -0.2) is 9.55 Å². The van der Waals surface area contributed by atoms with E-state index in [1.54, 1.807) is 0 Å². The molecule has 1 aromatic heterocycles. The summed E-state index contributed by atoms with van der Waals surface area (Å²) < 4.78 is 1.36. The Morgan fingerprint density at radius 3 is 1.93 bits per heavy atom. The van der Waals surface area contributed by atoms with E-state index in [1.165, 1.54) is 4.57 Å². The summed E-state index contributed by atoms with van der Waals surface area (Å²) in [5.41, 5.74) is 2.14. The van der Waals surface area contributed by atoms with Gasteiger partial charge in [0.05, 0.1) is 0 Å². The van der Waals surface area contributed by atoms with E-state index in [0.717, 1.165) is 36.1 Å². The number of benzene rings is 2. The van der Waals surface area contributed by atoms with Crippen LogP contribution in [0.15, 0.2) is 76.3 Å². The van der Waals surface area contributed by atoms with Gasteiger partial charge in [0, 0.05) is 24.2 Å². The summed E-state index contributed by atoms with van der Waals surface area (Å²) in [4.78, 5) is 28.1. The lowest BCUT2D eigenvalue weighted by Gasteiger charge is -2.15. The molecule has 0 amide bonds. The number of nitrogens with one attached hydrogen (secondary N) is 1. The van der Waals surface area contributed by atoms with Crippen molar-refractivity contribution in [3.8, 4) is 0 Å². The third kappa shape index (κ3) is 6.90. The van der Waals surface area contributed by atoms with Crippen molar-refractivity contribution in [3.63, 3.8) is 0 Å². The van der Waals surface area contributed by atoms with Crippen molar-refractivity contribution in [2.45, 2.75) is 58.9 Å². The highest BCUT2D eigenvalue weighted by Crippen LogP contribution is 2.16. The third-order valence-electron chi connectivity index (χ3n) is 4.76. The van der Waals surface area contributed by atoms with Crippen LogP contribution >= 0.6 is 0 Å². The summed E-state index contributed by atoms with van der Waals surface area (Å²) in [5, 5.41) is 0. The Bertz CT molecular complexity index is 931. The molecule has 0 saturated carbocycles. The van der Waals surface area contributed by atoms with Crippen LogP contribution in [-0.2, 0) is 13.0 Å². The van der Waals surface area contributed by atoms with Gasteiger partial charge >= 0.3 is 5.69 Å². The molecule has 0 bridgehead atoms. The zero-order valence-electron chi connectivity index (χ0n) is 17.7. The molecule has 3 aromatic rings. The molecular weight excluding hydrogens is 360 g/mol. The van der Waals surface area contributed by atoms with Gasteiger partial charge in [-0.25, -0.2) is 4.79 Å². The van der Waals surface area contributed by atoms with Crippen LogP contribution in [0.25, 0.3) is 0 Å². The maximum absolute atomic E-state index is 12.8. The first-order valence-electron chi connectivity index (χ1n) is 10.4. The summed E-state index contributed by atoms with van der Waals surface area (Å²) >= 11 is 0. The lowest BCUT2D eigenvalue weighted by atomic mass is 9.98. The summed E-state index contributed by atoms with van der Waals surface area (Å²) in [7, 11) is 0. The largest absolute Gasteiger partial charge is 0.328 e. The van der Waals surface area contributed by atoms with Crippen LogP contribution in [0.5, 0.6) is 0 Å². The molecule has 0 aliphatic carbocycles. The standard InChI is InChI=1S/C19H26N2O2.C6H6/c1-4-5-9-12-21-18(22)17(14(2)3)16(20-19(21)23)13-15-10-7-6-8-11-15;1-2-4-6-5-3-1/h6-8,10-11,14H,4-5,9,12-13H2,1-3H3,(H,20,23);1-6H. The fraction of sp³-hybridized carbons (Fsp3) is 0.360. The Morgan fingerprint density at radius 2 is 1.41 bits per heavy atom. The van der Waals surface area contributed by atoms with Gasteiger partial charge in [-0.05, 0) is 17.9 Å². The Balaban J connectivity index is 0.000000426. The van der Waals surface area contributed by atoms with Crippen LogP contribution in [0.2, 0.25) is 0 Å². The molecular formula is C25H32N2O2. The van der Waals surface area contributed by atoms with Gasteiger partial charge in [-0.2, -0.15) is 0 Å². The smallest absolute Gasteiger partial charge is 0.310 e. The molecule has 0 saturated heterocycles. The van der Waals surface area contributed by atoms with Crippen molar-refractivity contribution in [1.29, 1.82) is 0 Å². The number of nitrogens with zero attached hydrogens (tertiary/aromatic N) is 1. The average Bonchev–Trinajstić information content (AvgIpc) is 2.72. The first-order valence-corrected chi connectivity index (χ1v) is 10.4. The van der Waals surface area contributed by atoms with Crippen LogP contribution in [0.1, 0.15) is 62.8 Å².